The molecule has 9 heterocycles. The molecule has 2 fully saturated rings. The quantitative estimate of drug-likeness (QED) is 0.0231. The van der Waals surface area contributed by atoms with E-state index in [0.29, 0.717) is 54.3 Å². The first-order valence-corrected chi connectivity index (χ1v) is 46.0. The Morgan fingerprint density at radius 1 is 0.381 bits per heavy atom. The third-order valence-corrected chi connectivity index (χ3v) is 24.2. The van der Waals surface area contributed by atoms with Gasteiger partial charge in [0, 0.05) is 154 Å². The number of hydrogen-bond acceptors (Lipinski definition) is 23. The number of anilines is 6. The summed E-state index contributed by atoms with van der Waals surface area (Å²) >= 11 is 2.53. The molecule has 15 aromatic rings. The highest BCUT2D eigenvalue weighted by Gasteiger charge is 2.27. The lowest BCUT2D eigenvalue weighted by Crippen LogP contribution is -2.38. The SMILES string of the molecule is CC(C)(C)c1cc(NC(=O)Nc2ccc(OCCN3CCOCC3)c3ccccc23)n(-c2ccc(Cn3sc(=O)[nH]c3=O)cc2)n1.CC(C)(C)c1cc(NC(=O)Nc2ccc(OCCN3CCOCC3)cc2)n(-c2ccc(Cn3sc(=O)[nH]c3=O)cc2)n1.CC(C)(C)c1cc(NC(=O)Nc2ccc(OCCc3ccncc3)c3ccccc23)n(-c2ccc(Cn3sc(=O)[nH]c3=O)cc2)n1. The van der Waals surface area contributed by atoms with Crippen LogP contribution in [0.4, 0.5) is 48.9 Å². The third kappa shape index (κ3) is 24.9. The Morgan fingerprint density at radius 2 is 0.724 bits per heavy atom. The number of morpholine rings is 2. The summed E-state index contributed by atoms with van der Waals surface area (Å²) in [5.41, 5.74) is 8.12. The smallest absolute Gasteiger partial charge is 0.338 e. The second-order valence-electron chi connectivity index (χ2n) is 34.9. The van der Waals surface area contributed by atoms with Gasteiger partial charge in [0.2, 0.25) is 0 Å². The Morgan fingerprint density at radius 3 is 1.07 bits per heavy atom. The van der Waals surface area contributed by atoms with Crippen molar-refractivity contribution in [2.45, 2.75) is 105 Å². The first kappa shape index (κ1) is 94.2. The minimum Gasteiger partial charge on any atom is -0.493 e. The van der Waals surface area contributed by atoms with Crippen molar-refractivity contribution in [2.24, 2.45) is 0 Å². The van der Waals surface area contributed by atoms with Crippen LogP contribution in [0.5, 0.6) is 17.2 Å². The first-order valence-electron chi connectivity index (χ1n) is 43.7. The first-order chi connectivity index (χ1) is 64.4. The van der Waals surface area contributed by atoms with Crippen molar-refractivity contribution in [3.05, 3.63) is 312 Å². The van der Waals surface area contributed by atoms with Crippen LogP contribution in [0.1, 0.15) is 102 Å². The van der Waals surface area contributed by atoms with Gasteiger partial charge in [-0.15, -0.1) is 0 Å². The van der Waals surface area contributed by atoms with Gasteiger partial charge in [-0.1, -0.05) is 147 Å². The van der Waals surface area contributed by atoms with E-state index in [2.05, 4.69) is 124 Å². The van der Waals surface area contributed by atoms with E-state index in [1.807, 2.05) is 188 Å². The van der Waals surface area contributed by atoms with Gasteiger partial charge in [0.25, 0.3) is 0 Å². The Hall–Kier alpha value is -14.4. The zero-order valence-corrected chi connectivity index (χ0v) is 78.0. The Labute approximate surface area is 781 Å². The highest BCUT2D eigenvalue weighted by Crippen LogP contribution is 2.36. The van der Waals surface area contributed by atoms with Crippen molar-refractivity contribution in [3.8, 4) is 34.3 Å². The third-order valence-electron chi connectivity index (χ3n) is 21.9. The number of aromatic nitrogens is 13. The number of nitrogens with one attached hydrogen (secondary N) is 9. The van der Waals surface area contributed by atoms with Crippen LogP contribution in [0.3, 0.4) is 0 Å². The molecule has 0 spiro atoms. The number of nitrogens with zero attached hydrogens (tertiary/aromatic N) is 12. The van der Waals surface area contributed by atoms with Crippen molar-refractivity contribution in [1.29, 1.82) is 0 Å². The number of carbonyl (C=O) groups is 3. The predicted octanol–water partition coefficient (Wildman–Crippen LogP) is 14.1. The van der Waals surface area contributed by atoms with Gasteiger partial charge < -0.3 is 39.6 Å². The van der Waals surface area contributed by atoms with Gasteiger partial charge >= 0.3 is 49.8 Å². The number of fused-ring (bicyclic) bond motifs is 2. The van der Waals surface area contributed by atoms with Crippen molar-refractivity contribution in [3.63, 3.8) is 0 Å². The molecule has 9 N–H and O–H groups in total. The number of H-pyrrole nitrogens is 3. The number of ether oxygens (including phenoxy) is 5. The number of amides is 6. The molecule has 2 saturated heterocycles. The summed E-state index contributed by atoms with van der Waals surface area (Å²) in [5, 5.41) is 35.7. The molecule has 8 aromatic carbocycles. The average molecular weight is 1870 g/mol. The summed E-state index contributed by atoms with van der Waals surface area (Å²) in [5.74, 6) is 3.75. The highest BCUT2D eigenvalue weighted by molar-refractivity contribution is 7.03. The van der Waals surface area contributed by atoms with E-state index in [0.717, 1.165) is 202 Å². The number of hydrogen-bond donors (Lipinski definition) is 9. The van der Waals surface area contributed by atoms with Crippen LogP contribution in [0.25, 0.3) is 38.6 Å². The fourth-order valence-electron chi connectivity index (χ4n) is 14.6. The molecule has 0 atom stereocenters. The Bertz CT molecular complexity index is 6970. The molecule has 696 valence electrons. The maximum Gasteiger partial charge on any atom is 0.338 e. The molecular formula is C96H105N21O14S3. The van der Waals surface area contributed by atoms with Gasteiger partial charge in [0.05, 0.1) is 98.2 Å². The van der Waals surface area contributed by atoms with Crippen molar-refractivity contribution < 1.29 is 38.1 Å². The number of pyridine rings is 1. The Kier molecular flexibility index (Phi) is 29.8. The van der Waals surface area contributed by atoms with Crippen molar-refractivity contribution in [2.75, 3.05) is 117 Å². The molecule has 38 heteroatoms. The molecule has 6 amide bonds. The van der Waals surface area contributed by atoms with E-state index < -0.39 is 44.9 Å². The van der Waals surface area contributed by atoms with Crippen LogP contribution in [-0.2, 0) is 51.8 Å². The minimum absolute atomic E-state index is 0.247. The summed E-state index contributed by atoms with van der Waals surface area (Å²) in [6.45, 7) is 29.3. The molecule has 2 aliphatic heterocycles. The monoisotopic (exact) mass is 1870 g/mol. The summed E-state index contributed by atoms with van der Waals surface area (Å²) < 4.78 is 38.1. The number of rotatable bonds is 27. The molecule has 17 rings (SSSR count). The maximum atomic E-state index is 13.4. The summed E-state index contributed by atoms with van der Waals surface area (Å²) in [4.78, 5) is 124. The summed E-state index contributed by atoms with van der Waals surface area (Å²) in [7, 11) is 0. The zero-order chi connectivity index (χ0) is 94.2. The normalized spacial score (nSPS) is 13.1. The molecule has 0 bridgehead atoms. The average Bonchev–Trinajstić information content (AvgIpc) is 1.71. The second-order valence-corrected chi connectivity index (χ2v) is 37.9. The van der Waals surface area contributed by atoms with Crippen LogP contribution < -0.4 is 77.8 Å². The fraction of sp³-hybridized carbons (Fsp3) is 0.302. The van der Waals surface area contributed by atoms with Gasteiger partial charge in [0.15, 0.2) is 0 Å². The number of aromatic amines is 3. The van der Waals surface area contributed by atoms with Crippen LogP contribution in [0, 0.1) is 0 Å². The van der Waals surface area contributed by atoms with Crippen LogP contribution >= 0.6 is 34.6 Å². The molecular weight excluding hydrogens is 1770 g/mol. The van der Waals surface area contributed by atoms with Crippen molar-refractivity contribution in [1.82, 2.24) is 70.9 Å². The zero-order valence-electron chi connectivity index (χ0n) is 75.5. The van der Waals surface area contributed by atoms with E-state index in [1.54, 1.807) is 38.6 Å². The molecule has 0 aliphatic carbocycles. The van der Waals surface area contributed by atoms with E-state index >= 15 is 0 Å². The lowest BCUT2D eigenvalue weighted by atomic mass is 9.92. The van der Waals surface area contributed by atoms with Crippen LogP contribution in [0.15, 0.2) is 241 Å². The van der Waals surface area contributed by atoms with Gasteiger partial charge in [-0.2, -0.15) is 15.3 Å². The largest absolute Gasteiger partial charge is 0.493 e. The highest BCUT2D eigenvalue weighted by atomic mass is 32.1. The predicted molar refractivity (Wildman–Crippen MR) is 523 cm³/mol. The topological polar surface area (TPSA) is 407 Å². The van der Waals surface area contributed by atoms with E-state index in [9.17, 15) is 43.2 Å². The fourth-order valence-corrected chi connectivity index (χ4v) is 16.6. The van der Waals surface area contributed by atoms with E-state index in [1.165, 1.54) is 11.9 Å². The van der Waals surface area contributed by atoms with Crippen LogP contribution in [0.2, 0.25) is 0 Å². The number of benzene rings is 8. The van der Waals surface area contributed by atoms with Gasteiger partial charge in [-0.3, -0.25) is 60.1 Å². The lowest BCUT2D eigenvalue weighted by molar-refractivity contribution is 0.0322. The van der Waals surface area contributed by atoms with Gasteiger partial charge in [0.1, 0.15) is 47.9 Å². The molecule has 0 unspecified atom stereocenters. The number of carbonyl (C=O) groups excluding carboxylic acids is 3. The van der Waals surface area contributed by atoms with Gasteiger partial charge in [-0.05, 0) is 119 Å². The maximum absolute atomic E-state index is 13.4. The Balaban J connectivity index is 0.000000153. The van der Waals surface area contributed by atoms with Gasteiger partial charge in [-0.25, -0.2) is 54.7 Å². The van der Waals surface area contributed by atoms with E-state index in [-0.39, 0.29) is 40.8 Å². The molecule has 35 nitrogen and oxygen atoms in total. The van der Waals surface area contributed by atoms with E-state index in [4.69, 9.17) is 39.0 Å². The molecule has 0 radical (unpaired) electrons. The van der Waals surface area contributed by atoms with Crippen molar-refractivity contribution >= 4 is 109 Å². The molecule has 2 aliphatic rings. The molecule has 134 heavy (non-hydrogen) atoms. The summed E-state index contributed by atoms with van der Waals surface area (Å²) in [6, 6.07) is 61.0. The van der Waals surface area contributed by atoms with Crippen LogP contribution in [-0.4, -0.2) is 175 Å². The summed E-state index contributed by atoms with van der Waals surface area (Å²) in [6.07, 6.45) is 4.29. The lowest BCUT2D eigenvalue weighted by Gasteiger charge is -2.26. The standard InChI is InChI=1S/C34H33N7O4S.C33H37N7O5S.C29H35N7O5S/c1-34(2,3)29-20-30(41(39-29)24-10-8-23(9-11-24)21-40-32(43)38-33(44)46-40)37-31(42)36-27-12-13-28(26-7-5-4-6-25(26)27)45-19-16-22-14-17-35-18-15-22;1-33(2,3)28-20-29(40(37-28)23-10-8-22(9-11-23)21-39-31(42)36-32(43)46-39)35-30(41)34-26-12-13-27(25-7-5-4-6-24(25)26)45-19-16-38-14-17-44-18-15-38;1-29(2,3)24-18-25(36(33-24)22-8-4-20(5-9-22)19-35-27(38)32-28(39)42-35)31-26(37)30-21-6-10-23(11-7-21)41-17-14-34-12-15-40-16-13-34/h4-15,17-18,20H,16,19,21H2,1-3H3,(H2,36,37,42)(H,38,43,44);4-13,20H,14-19,21H2,1-3H3,(H2,34,35,41)(H,36,42,43);4-11,18H,12-17,19H2,1-3H3,(H2,30,31,37)(H,32,38,39). The molecule has 7 aromatic heterocycles. The number of urea groups is 3. The minimum atomic E-state index is -0.436. The molecule has 0 saturated carbocycles. The second kappa shape index (κ2) is 42.4.